The van der Waals surface area contributed by atoms with Crippen molar-refractivity contribution in [2.75, 3.05) is 12.4 Å². The molecule has 2 rings (SSSR count). The summed E-state index contributed by atoms with van der Waals surface area (Å²) in [6.07, 6.45) is 3.08. The normalized spacial score (nSPS) is 17.7. The van der Waals surface area contributed by atoms with E-state index in [4.69, 9.17) is 4.74 Å². The third-order valence-corrected chi connectivity index (χ3v) is 3.30. The van der Waals surface area contributed by atoms with Crippen molar-refractivity contribution in [3.8, 4) is 5.75 Å². The van der Waals surface area contributed by atoms with Crippen molar-refractivity contribution in [1.29, 1.82) is 0 Å². The highest BCUT2D eigenvalue weighted by Crippen LogP contribution is 2.33. The van der Waals surface area contributed by atoms with E-state index in [0.717, 1.165) is 18.5 Å². The molecule has 0 aliphatic heterocycles. The van der Waals surface area contributed by atoms with Crippen LogP contribution >= 0.6 is 0 Å². The highest BCUT2D eigenvalue weighted by Gasteiger charge is 2.35. The van der Waals surface area contributed by atoms with Gasteiger partial charge in [-0.3, -0.25) is 0 Å². The van der Waals surface area contributed by atoms with Crippen LogP contribution in [0.15, 0.2) is 24.3 Å². The van der Waals surface area contributed by atoms with E-state index >= 15 is 0 Å². The molecule has 1 aromatic carbocycles. The number of carboxylic acid groups (broad SMARTS) is 1. The highest BCUT2D eigenvalue weighted by atomic mass is 16.5. The standard InChI is InChI=1S/C13H17NO3/c1-17-11-6-4-5-10(9-11)14-13(12(15)16)7-2-3-8-13/h4-6,9,14H,2-3,7-8H2,1H3,(H,15,16)/p-1. The van der Waals surface area contributed by atoms with Gasteiger partial charge < -0.3 is 20.0 Å². The zero-order chi connectivity index (χ0) is 12.3. The van der Waals surface area contributed by atoms with Crippen molar-refractivity contribution in [2.24, 2.45) is 0 Å². The average Bonchev–Trinajstić information content (AvgIpc) is 2.79. The van der Waals surface area contributed by atoms with Gasteiger partial charge in [-0.2, -0.15) is 0 Å². The molecular formula is C13H16NO3-. The largest absolute Gasteiger partial charge is 0.548 e. The molecule has 0 bridgehead atoms. The van der Waals surface area contributed by atoms with Gasteiger partial charge in [0.05, 0.1) is 18.6 Å². The first kappa shape index (κ1) is 11.8. The Morgan fingerprint density at radius 2 is 2.12 bits per heavy atom. The number of rotatable bonds is 4. The minimum absolute atomic E-state index is 0.618. The molecule has 1 saturated carbocycles. The van der Waals surface area contributed by atoms with Gasteiger partial charge in [0.25, 0.3) is 0 Å². The molecular weight excluding hydrogens is 218 g/mol. The van der Waals surface area contributed by atoms with E-state index in [-0.39, 0.29) is 0 Å². The van der Waals surface area contributed by atoms with Crippen LogP contribution in [0.4, 0.5) is 5.69 Å². The first-order valence-corrected chi connectivity index (χ1v) is 5.80. The molecule has 0 spiro atoms. The van der Waals surface area contributed by atoms with Crippen molar-refractivity contribution < 1.29 is 14.6 Å². The SMILES string of the molecule is COc1cccc(NC2(C(=O)[O-])CCCC2)c1. The first-order valence-electron chi connectivity index (χ1n) is 5.80. The number of hydrogen-bond acceptors (Lipinski definition) is 4. The predicted molar refractivity (Wildman–Crippen MR) is 62.8 cm³/mol. The van der Waals surface area contributed by atoms with Gasteiger partial charge in [-0.05, 0) is 25.0 Å². The summed E-state index contributed by atoms with van der Waals surface area (Å²) in [5, 5.41) is 14.4. The number of aliphatic carboxylic acids is 1. The van der Waals surface area contributed by atoms with Crippen LogP contribution in [0, 0.1) is 0 Å². The van der Waals surface area contributed by atoms with E-state index < -0.39 is 11.5 Å². The molecule has 1 aliphatic rings. The Bertz CT molecular complexity index is 411. The van der Waals surface area contributed by atoms with Crippen LogP contribution in [-0.4, -0.2) is 18.6 Å². The maximum Gasteiger partial charge on any atom is 0.120 e. The molecule has 4 nitrogen and oxygen atoms in total. The summed E-state index contributed by atoms with van der Waals surface area (Å²) in [6.45, 7) is 0. The van der Waals surface area contributed by atoms with Gasteiger partial charge in [0.2, 0.25) is 0 Å². The molecule has 0 amide bonds. The second kappa shape index (κ2) is 4.65. The second-order valence-electron chi connectivity index (χ2n) is 4.43. The maximum atomic E-state index is 11.3. The number of carbonyl (C=O) groups is 1. The van der Waals surface area contributed by atoms with Crippen LogP contribution in [0.1, 0.15) is 25.7 Å². The molecule has 1 fully saturated rings. The van der Waals surface area contributed by atoms with E-state index in [0.29, 0.717) is 18.6 Å². The van der Waals surface area contributed by atoms with Gasteiger partial charge in [-0.15, -0.1) is 0 Å². The van der Waals surface area contributed by atoms with E-state index in [1.54, 1.807) is 13.2 Å². The fourth-order valence-electron chi connectivity index (χ4n) is 2.34. The van der Waals surface area contributed by atoms with Crippen molar-refractivity contribution in [1.82, 2.24) is 0 Å². The lowest BCUT2D eigenvalue weighted by Gasteiger charge is -2.32. The summed E-state index contributed by atoms with van der Waals surface area (Å²) in [5.74, 6) is -0.306. The summed E-state index contributed by atoms with van der Waals surface area (Å²) in [4.78, 5) is 11.3. The molecule has 17 heavy (non-hydrogen) atoms. The monoisotopic (exact) mass is 234 g/mol. The fourth-order valence-corrected chi connectivity index (χ4v) is 2.34. The van der Waals surface area contributed by atoms with Gasteiger partial charge in [0.15, 0.2) is 0 Å². The van der Waals surface area contributed by atoms with E-state index in [9.17, 15) is 9.90 Å². The van der Waals surface area contributed by atoms with Crippen LogP contribution in [-0.2, 0) is 4.79 Å². The number of ether oxygens (including phenoxy) is 1. The van der Waals surface area contributed by atoms with E-state index in [1.807, 2.05) is 18.2 Å². The van der Waals surface area contributed by atoms with Crippen molar-refractivity contribution in [3.05, 3.63) is 24.3 Å². The number of carboxylic acids is 1. The summed E-state index contributed by atoms with van der Waals surface area (Å²) in [7, 11) is 1.59. The van der Waals surface area contributed by atoms with Gasteiger partial charge in [0, 0.05) is 11.8 Å². The zero-order valence-electron chi connectivity index (χ0n) is 9.86. The minimum Gasteiger partial charge on any atom is -0.548 e. The van der Waals surface area contributed by atoms with Crippen molar-refractivity contribution in [2.45, 2.75) is 31.2 Å². The number of anilines is 1. The molecule has 0 saturated heterocycles. The Labute approximate surface area is 101 Å². The molecule has 4 heteroatoms. The number of methoxy groups -OCH3 is 1. The lowest BCUT2D eigenvalue weighted by Crippen LogP contribution is -2.52. The third-order valence-electron chi connectivity index (χ3n) is 3.30. The van der Waals surface area contributed by atoms with Crippen molar-refractivity contribution in [3.63, 3.8) is 0 Å². The van der Waals surface area contributed by atoms with Gasteiger partial charge in [0.1, 0.15) is 5.75 Å². The van der Waals surface area contributed by atoms with Gasteiger partial charge >= 0.3 is 0 Å². The molecule has 0 radical (unpaired) electrons. The summed E-state index contributed by atoms with van der Waals surface area (Å²) >= 11 is 0. The smallest absolute Gasteiger partial charge is 0.120 e. The Morgan fingerprint density at radius 1 is 1.41 bits per heavy atom. The highest BCUT2D eigenvalue weighted by molar-refractivity contribution is 5.81. The molecule has 1 aliphatic carbocycles. The molecule has 0 heterocycles. The number of nitrogens with one attached hydrogen (secondary N) is 1. The summed E-state index contributed by atoms with van der Waals surface area (Å²) < 4.78 is 5.11. The maximum absolute atomic E-state index is 11.3. The molecule has 92 valence electrons. The van der Waals surface area contributed by atoms with Crippen LogP contribution in [0.2, 0.25) is 0 Å². The minimum atomic E-state index is -1.02. The number of hydrogen-bond donors (Lipinski definition) is 1. The van der Waals surface area contributed by atoms with Crippen LogP contribution in [0.25, 0.3) is 0 Å². The lowest BCUT2D eigenvalue weighted by atomic mass is 9.97. The fraction of sp³-hybridized carbons (Fsp3) is 0.462. The summed E-state index contributed by atoms with van der Waals surface area (Å²) in [5.41, 5.74) is -0.151. The van der Waals surface area contributed by atoms with Crippen LogP contribution in [0.5, 0.6) is 5.75 Å². The topological polar surface area (TPSA) is 61.4 Å². The quantitative estimate of drug-likeness (QED) is 0.849. The van der Waals surface area contributed by atoms with Gasteiger partial charge in [-0.1, -0.05) is 18.9 Å². The average molecular weight is 234 g/mol. The second-order valence-corrected chi connectivity index (χ2v) is 4.43. The summed E-state index contributed by atoms with van der Waals surface area (Å²) in [6, 6.07) is 7.29. The van der Waals surface area contributed by atoms with Crippen molar-refractivity contribution >= 4 is 11.7 Å². The third kappa shape index (κ3) is 2.35. The Balaban J connectivity index is 2.20. The molecule has 1 N–H and O–H groups in total. The first-order chi connectivity index (χ1) is 8.16. The number of benzene rings is 1. The Morgan fingerprint density at radius 3 is 2.71 bits per heavy atom. The molecule has 1 aromatic rings. The van der Waals surface area contributed by atoms with Crippen LogP contribution in [0.3, 0.4) is 0 Å². The predicted octanol–water partition coefficient (Wildman–Crippen LogP) is 1.17. The Kier molecular flexibility index (Phi) is 3.22. The molecule has 0 aromatic heterocycles. The van der Waals surface area contributed by atoms with Gasteiger partial charge in [-0.25, -0.2) is 0 Å². The van der Waals surface area contributed by atoms with E-state index in [2.05, 4.69) is 5.32 Å². The number of carbonyl (C=O) groups excluding carboxylic acids is 1. The lowest BCUT2D eigenvalue weighted by molar-refractivity contribution is -0.311. The van der Waals surface area contributed by atoms with E-state index in [1.165, 1.54) is 0 Å². The molecule has 0 unspecified atom stereocenters. The zero-order valence-corrected chi connectivity index (χ0v) is 9.86. The van der Waals surface area contributed by atoms with Crippen LogP contribution < -0.4 is 15.2 Å². The molecule has 0 atom stereocenters. The Hall–Kier alpha value is -1.71.